The molecule has 20 heavy (non-hydrogen) atoms. The summed E-state index contributed by atoms with van der Waals surface area (Å²) < 4.78 is 5.68. The van der Waals surface area contributed by atoms with Gasteiger partial charge in [0.1, 0.15) is 18.2 Å². The molecule has 1 aromatic heterocycles. The third-order valence-electron chi connectivity index (χ3n) is 2.74. The quantitative estimate of drug-likeness (QED) is 0.824. The molecule has 0 unspecified atom stereocenters. The zero-order valence-corrected chi connectivity index (χ0v) is 11.8. The summed E-state index contributed by atoms with van der Waals surface area (Å²) in [5.41, 5.74) is 1.18. The summed E-state index contributed by atoms with van der Waals surface area (Å²) in [6.07, 6.45) is 6.90. The Balaban J connectivity index is 1.83. The molecule has 1 heterocycles. The van der Waals surface area contributed by atoms with Crippen molar-refractivity contribution in [2.45, 2.75) is 13.3 Å². The average Bonchev–Trinajstić information content (AvgIpc) is 2.51. The molecule has 1 N–H and O–H groups in total. The number of nitrogens with one attached hydrogen (secondary N) is 1. The Morgan fingerprint density at radius 1 is 1.20 bits per heavy atom. The second kappa shape index (κ2) is 8.00. The van der Waals surface area contributed by atoms with Crippen LogP contribution in [-0.2, 0) is 0 Å². The fraction of sp³-hybridized carbons (Fsp3) is 0.235. The van der Waals surface area contributed by atoms with Crippen LogP contribution in [0.2, 0.25) is 0 Å². The van der Waals surface area contributed by atoms with Crippen molar-refractivity contribution in [1.82, 2.24) is 4.98 Å². The van der Waals surface area contributed by atoms with Gasteiger partial charge in [-0.15, -0.1) is 0 Å². The standard InChI is InChI=1S/C17H20N2O/c1-2-11-18-17-14-16(10-12-19-17)20-13-6-9-15-7-4-3-5-8-15/h3-10,12,14H,2,11,13H2,1H3,(H,18,19)/b9-6+. The summed E-state index contributed by atoms with van der Waals surface area (Å²) in [6, 6.07) is 14.0. The number of benzene rings is 1. The molecule has 0 aliphatic carbocycles. The predicted molar refractivity (Wildman–Crippen MR) is 84.0 cm³/mol. The molecule has 104 valence electrons. The zero-order chi connectivity index (χ0) is 14.0. The Morgan fingerprint density at radius 3 is 2.85 bits per heavy atom. The second-order valence-corrected chi connectivity index (χ2v) is 4.43. The highest BCUT2D eigenvalue weighted by molar-refractivity contribution is 5.48. The number of hydrogen-bond acceptors (Lipinski definition) is 3. The minimum atomic E-state index is 0.548. The highest BCUT2D eigenvalue weighted by Gasteiger charge is 1.96. The van der Waals surface area contributed by atoms with Crippen molar-refractivity contribution in [2.24, 2.45) is 0 Å². The minimum Gasteiger partial charge on any atom is -0.489 e. The molecule has 0 bridgehead atoms. The first-order valence-corrected chi connectivity index (χ1v) is 6.93. The lowest BCUT2D eigenvalue weighted by Crippen LogP contribution is -2.02. The molecule has 1 aromatic carbocycles. The number of pyridine rings is 1. The van der Waals surface area contributed by atoms with E-state index in [1.165, 1.54) is 5.56 Å². The van der Waals surface area contributed by atoms with Gasteiger partial charge in [-0.2, -0.15) is 0 Å². The molecule has 0 spiro atoms. The molecule has 0 saturated heterocycles. The van der Waals surface area contributed by atoms with Crippen molar-refractivity contribution in [3.05, 3.63) is 60.3 Å². The van der Waals surface area contributed by atoms with Crippen LogP contribution in [0.25, 0.3) is 6.08 Å². The van der Waals surface area contributed by atoms with Crippen LogP contribution in [0.5, 0.6) is 5.75 Å². The van der Waals surface area contributed by atoms with E-state index < -0.39 is 0 Å². The fourth-order valence-corrected chi connectivity index (χ4v) is 1.74. The van der Waals surface area contributed by atoms with E-state index in [2.05, 4.69) is 35.4 Å². The lowest BCUT2D eigenvalue weighted by Gasteiger charge is -2.06. The van der Waals surface area contributed by atoms with E-state index in [-0.39, 0.29) is 0 Å². The van der Waals surface area contributed by atoms with E-state index in [0.29, 0.717) is 6.61 Å². The summed E-state index contributed by atoms with van der Waals surface area (Å²) in [4.78, 5) is 4.24. The number of rotatable bonds is 7. The van der Waals surface area contributed by atoms with E-state index in [9.17, 15) is 0 Å². The number of anilines is 1. The molecule has 3 nitrogen and oxygen atoms in total. The number of ether oxygens (including phenoxy) is 1. The SMILES string of the molecule is CCCNc1cc(OC/C=C/c2ccccc2)ccn1. The molecular weight excluding hydrogens is 248 g/mol. The summed E-state index contributed by atoms with van der Waals surface area (Å²) in [6.45, 7) is 3.60. The Labute approximate surface area is 120 Å². The third kappa shape index (κ3) is 4.76. The van der Waals surface area contributed by atoms with Crippen LogP contribution in [0.4, 0.5) is 5.82 Å². The van der Waals surface area contributed by atoms with Crippen molar-refractivity contribution in [2.75, 3.05) is 18.5 Å². The van der Waals surface area contributed by atoms with Crippen molar-refractivity contribution >= 4 is 11.9 Å². The summed E-state index contributed by atoms with van der Waals surface area (Å²) in [5.74, 6) is 1.69. The molecule has 0 atom stereocenters. The average molecular weight is 268 g/mol. The monoisotopic (exact) mass is 268 g/mol. The molecule has 2 rings (SSSR count). The van der Waals surface area contributed by atoms with Gasteiger partial charge in [-0.25, -0.2) is 4.98 Å². The van der Waals surface area contributed by atoms with Gasteiger partial charge >= 0.3 is 0 Å². The molecule has 0 fully saturated rings. The maximum absolute atomic E-state index is 5.68. The minimum absolute atomic E-state index is 0.548. The summed E-state index contributed by atoms with van der Waals surface area (Å²) >= 11 is 0. The van der Waals surface area contributed by atoms with E-state index >= 15 is 0 Å². The Hall–Kier alpha value is -2.29. The van der Waals surface area contributed by atoms with E-state index in [1.807, 2.05) is 36.4 Å². The predicted octanol–water partition coefficient (Wildman–Crippen LogP) is 4.00. The van der Waals surface area contributed by atoms with Gasteiger partial charge in [-0.3, -0.25) is 0 Å². The van der Waals surface area contributed by atoms with E-state index in [4.69, 9.17) is 4.74 Å². The highest BCUT2D eigenvalue weighted by atomic mass is 16.5. The fourth-order valence-electron chi connectivity index (χ4n) is 1.74. The number of nitrogens with zero attached hydrogens (tertiary/aromatic N) is 1. The van der Waals surface area contributed by atoms with Crippen LogP contribution in [-0.4, -0.2) is 18.1 Å². The lowest BCUT2D eigenvalue weighted by atomic mass is 10.2. The van der Waals surface area contributed by atoms with Crippen molar-refractivity contribution in [3.8, 4) is 5.75 Å². The first-order valence-electron chi connectivity index (χ1n) is 6.93. The summed E-state index contributed by atoms with van der Waals surface area (Å²) in [5, 5.41) is 3.24. The second-order valence-electron chi connectivity index (χ2n) is 4.43. The largest absolute Gasteiger partial charge is 0.489 e. The van der Waals surface area contributed by atoms with Crippen LogP contribution in [0.3, 0.4) is 0 Å². The van der Waals surface area contributed by atoms with Crippen molar-refractivity contribution in [1.29, 1.82) is 0 Å². The van der Waals surface area contributed by atoms with Crippen LogP contribution < -0.4 is 10.1 Å². The maximum Gasteiger partial charge on any atom is 0.129 e. The van der Waals surface area contributed by atoms with E-state index in [1.54, 1.807) is 6.20 Å². The molecular formula is C17H20N2O. The molecule has 0 aliphatic rings. The van der Waals surface area contributed by atoms with Crippen LogP contribution >= 0.6 is 0 Å². The number of aromatic nitrogens is 1. The first kappa shape index (κ1) is 14.1. The molecule has 0 aliphatic heterocycles. The highest BCUT2D eigenvalue weighted by Crippen LogP contribution is 2.14. The number of hydrogen-bond donors (Lipinski definition) is 1. The molecule has 0 amide bonds. The van der Waals surface area contributed by atoms with E-state index in [0.717, 1.165) is 24.5 Å². The van der Waals surface area contributed by atoms with Crippen molar-refractivity contribution < 1.29 is 4.74 Å². The van der Waals surface area contributed by atoms with Crippen LogP contribution in [0, 0.1) is 0 Å². The first-order chi connectivity index (χ1) is 9.88. The Kier molecular flexibility index (Phi) is 5.65. The van der Waals surface area contributed by atoms with Gasteiger partial charge < -0.3 is 10.1 Å². The van der Waals surface area contributed by atoms with Crippen LogP contribution in [0.15, 0.2) is 54.7 Å². The zero-order valence-electron chi connectivity index (χ0n) is 11.8. The molecule has 3 heteroatoms. The maximum atomic E-state index is 5.68. The molecule has 0 saturated carbocycles. The topological polar surface area (TPSA) is 34.1 Å². The third-order valence-corrected chi connectivity index (χ3v) is 2.74. The Bertz CT molecular complexity index is 538. The van der Waals surface area contributed by atoms with Gasteiger partial charge in [0.25, 0.3) is 0 Å². The summed E-state index contributed by atoms with van der Waals surface area (Å²) in [7, 11) is 0. The van der Waals surface area contributed by atoms with Gasteiger partial charge in [0.05, 0.1) is 0 Å². The molecule has 2 aromatic rings. The lowest BCUT2D eigenvalue weighted by molar-refractivity contribution is 0.363. The van der Waals surface area contributed by atoms with Gasteiger partial charge in [0.2, 0.25) is 0 Å². The van der Waals surface area contributed by atoms with Gasteiger partial charge in [0, 0.05) is 18.8 Å². The smallest absolute Gasteiger partial charge is 0.129 e. The molecule has 0 radical (unpaired) electrons. The van der Waals surface area contributed by atoms with Crippen molar-refractivity contribution in [3.63, 3.8) is 0 Å². The van der Waals surface area contributed by atoms with Gasteiger partial charge in [0.15, 0.2) is 0 Å². The van der Waals surface area contributed by atoms with Gasteiger partial charge in [-0.1, -0.05) is 43.3 Å². The normalized spacial score (nSPS) is 10.7. The van der Waals surface area contributed by atoms with Crippen LogP contribution in [0.1, 0.15) is 18.9 Å². The van der Waals surface area contributed by atoms with Gasteiger partial charge in [-0.05, 0) is 24.1 Å². The Morgan fingerprint density at radius 2 is 2.05 bits per heavy atom.